The second kappa shape index (κ2) is 11.1. The van der Waals surface area contributed by atoms with Gasteiger partial charge in [-0.2, -0.15) is 4.31 Å². The molecular formula is C22H31N3O6S. The summed E-state index contributed by atoms with van der Waals surface area (Å²) in [5, 5.41) is 0. The standard InChI is InChI=1S/C22H31N3O6S/c1-6-25(7-2)32(28,29)19-13-20(23(4)15-19)22(27)31-16-21(26)24(5)14-17-9-11-18(12-10-17)30-8-3/h9-13,15H,6-8,14,16H2,1-5H3. The maximum atomic E-state index is 12.7. The number of nitrogens with zero attached hydrogens (tertiary/aromatic N) is 3. The number of amides is 1. The summed E-state index contributed by atoms with van der Waals surface area (Å²) in [6.45, 7) is 6.51. The van der Waals surface area contributed by atoms with Crippen LogP contribution >= 0.6 is 0 Å². The van der Waals surface area contributed by atoms with Crippen LogP contribution in [0.2, 0.25) is 0 Å². The average Bonchev–Trinajstić information content (AvgIpc) is 3.16. The zero-order valence-electron chi connectivity index (χ0n) is 19.2. The molecule has 9 nitrogen and oxygen atoms in total. The molecule has 0 aliphatic rings. The van der Waals surface area contributed by atoms with Crippen molar-refractivity contribution in [3.8, 4) is 5.75 Å². The van der Waals surface area contributed by atoms with Crippen LogP contribution in [0, 0.1) is 0 Å². The van der Waals surface area contributed by atoms with E-state index in [1.54, 1.807) is 27.9 Å². The lowest BCUT2D eigenvalue weighted by molar-refractivity contribution is -0.133. The molecule has 0 unspecified atom stereocenters. The fourth-order valence-corrected chi connectivity index (χ4v) is 4.65. The highest BCUT2D eigenvalue weighted by Crippen LogP contribution is 2.19. The van der Waals surface area contributed by atoms with Crippen LogP contribution in [0.15, 0.2) is 41.4 Å². The third-order valence-corrected chi connectivity index (χ3v) is 6.95. The normalized spacial score (nSPS) is 11.4. The highest BCUT2D eigenvalue weighted by molar-refractivity contribution is 7.89. The lowest BCUT2D eigenvalue weighted by Crippen LogP contribution is -2.31. The second-order valence-electron chi connectivity index (χ2n) is 7.16. The van der Waals surface area contributed by atoms with Crippen molar-refractivity contribution in [3.05, 3.63) is 47.8 Å². The largest absolute Gasteiger partial charge is 0.494 e. The molecule has 176 valence electrons. The number of benzene rings is 1. The molecule has 2 rings (SSSR count). The summed E-state index contributed by atoms with van der Waals surface area (Å²) in [6.07, 6.45) is 1.37. The molecule has 1 aromatic carbocycles. The summed E-state index contributed by atoms with van der Waals surface area (Å²) in [5.74, 6) is -0.391. The van der Waals surface area contributed by atoms with Crippen LogP contribution in [-0.4, -0.2) is 67.4 Å². The van der Waals surface area contributed by atoms with E-state index in [1.807, 2.05) is 31.2 Å². The number of aryl methyl sites for hydroxylation is 1. The molecular weight excluding hydrogens is 434 g/mol. The van der Waals surface area contributed by atoms with Gasteiger partial charge >= 0.3 is 5.97 Å². The summed E-state index contributed by atoms with van der Waals surface area (Å²) in [7, 11) is -0.534. The van der Waals surface area contributed by atoms with Gasteiger partial charge in [0.1, 0.15) is 16.3 Å². The van der Waals surface area contributed by atoms with Gasteiger partial charge in [-0.05, 0) is 30.7 Å². The molecule has 1 aromatic heterocycles. The third-order valence-electron chi connectivity index (χ3n) is 4.94. The van der Waals surface area contributed by atoms with Gasteiger partial charge in [0.25, 0.3) is 5.91 Å². The Labute approximate surface area is 189 Å². The first-order chi connectivity index (χ1) is 15.1. The number of sulfonamides is 1. The Bertz CT molecular complexity index is 1030. The first kappa shape index (κ1) is 25.4. The van der Waals surface area contributed by atoms with E-state index < -0.39 is 22.6 Å². The fourth-order valence-electron chi connectivity index (χ4n) is 3.12. The zero-order chi connectivity index (χ0) is 23.9. The van der Waals surface area contributed by atoms with Gasteiger partial charge in [-0.15, -0.1) is 0 Å². The Balaban J connectivity index is 1.98. The molecule has 0 radical (unpaired) electrons. The van der Waals surface area contributed by atoms with Crippen molar-refractivity contribution in [2.24, 2.45) is 7.05 Å². The molecule has 0 fully saturated rings. The Hall–Kier alpha value is -2.85. The number of likely N-dealkylation sites (N-methyl/N-ethyl adjacent to an activating group) is 1. The van der Waals surface area contributed by atoms with Crippen molar-refractivity contribution in [2.75, 3.05) is 33.4 Å². The molecule has 0 spiro atoms. The van der Waals surface area contributed by atoms with E-state index in [4.69, 9.17) is 9.47 Å². The molecule has 0 saturated carbocycles. The molecule has 10 heteroatoms. The van der Waals surface area contributed by atoms with Crippen LogP contribution in [0.4, 0.5) is 0 Å². The van der Waals surface area contributed by atoms with E-state index in [1.165, 1.54) is 26.0 Å². The van der Waals surface area contributed by atoms with Crippen LogP contribution in [0.25, 0.3) is 0 Å². The minimum atomic E-state index is -3.70. The summed E-state index contributed by atoms with van der Waals surface area (Å²) < 4.78 is 38.5. The number of rotatable bonds is 11. The number of aromatic nitrogens is 1. The molecule has 1 heterocycles. The number of carbonyl (C=O) groups is 2. The molecule has 2 aromatic rings. The van der Waals surface area contributed by atoms with E-state index in [0.29, 0.717) is 26.2 Å². The predicted octanol–water partition coefficient (Wildman–Crippen LogP) is 2.27. The van der Waals surface area contributed by atoms with Gasteiger partial charge in [-0.25, -0.2) is 13.2 Å². The number of ether oxygens (including phenoxy) is 2. The average molecular weight is 466 g/mol. The number of hydrogen-bond donors (Lipinski definition) is 0. The van der Waals surface area contributed by atoms with E-state index in [9.17, 15) is 18.0 Å². The molecule has 0 atom stereocenters. The van der Waals surface area contributed by atoms with E-state index in [-0.39, 0.29) is 16.5 Å². The molecule has 32 heavy (non-hydrogen) atoms. The van der Waals surface area contributed by atoms with Crippen LogP contribution in [-0.2, 0) is 33.1 Å². The van der Waals surface area contributed by atoms with Gasteiger partial charge in [0.05, 0.1) is 6.61 Å². The molecule has 0 saturated heterocycles. The first-order valence-corrected chi connectivity index (χ1v) is 11.9. The summed E-state index contributed by atoms with van der Waals surface area (Å²) in [5.41, 5.74) is 0.960. The topological polar surface area (TPSA) is 98.1 Å². The highest BCUT2D eigenvalue weighted by Gasteiger charge is 2.26. The van der Waals surface area contributed by atoms with E-state index in [0.717, 1.165) is 11.3 Å². The Morgan fingerprint density at radius 2 is 1.69 bits per heavy atom. The van der Waals surface area contributed by atoms with Crippen molar-refractivity contribution >= 4 is 21.9 Å². The molecule has 0 N–H and O–H groups in total. The van der Waals surface area contributed by atoms with Crippen LogP contribution < -0.4 is 4.74 Å². The number of hydrogen-bond acceptors (Lipinski definition) is 6. The maximum absolute atomic E-state index is 12.7. The molecule has 1 amide bonds. The molecule has 0 aliphatic carbocycles. The van der Waals surface area contributed by atoms with Gasteiger partial charge in [0, 0.05) is 39.9 Å². The van der Waals surface area contributed by atoms with Gasteiger partial charge in [-0.1, -0.05) is 26.0 Å². The Kier molecular flexibility index (Phi) is 8.85. The van der Waals surface area contributed by atoms with Gasteiger partial charge in [0.2, 0.25) is 10.0 Å². The van der Waals surface area contributed by atoms with Crippen molar-refractivity contribution in [1.29, 1.82) is 0 Å². The Morgan fingerprint density at radius 1 is 1.06 bits per heavy atom. The summed E-state index contributed by atoms with van der Waals surface area (Å²) in [4.78, 5) is 26.3. The Morgan fingerprint density at radius 3 is 2.25 bits per heavy atom. The zero-order valence-corrected chi connectivity index (χ0v) is 20.0. The second-order valence-corrected chi connectivity index (χ2v) is 9.10. The van der Waals surface area contributed by atoms with Crippen LogP contribution in [0.1, 0.15) is 36.8 Å². The van der Waals surface area contributed by atoms with Crippen molar-refractivity contribution in [1.82, 2.24) is 13.8 Å². The quantitative estimate of drug-likeness (QED) is 0.472. The minimum absolute atomic E-state index is 0.00888. The highest BCUT2D eigenvalue weighted by atomic mass is 32.2. The summed E-state index contributed by atoms with van der Waals surface area (Å²) in [6, 6.07) is 8.65. The fraction of sp³-hybridized carbons (Fsp3) is 0.455. The lowest BCUT2D eigenvalue weighted by atomic mass is 10.2. The lowest BCUT2D eigenvalue weighted by Gasteiger charge is -2.17. The third kappa shape index (κ3) is 6.10. The van der Waals surface area contributed by atoms with E-state index in [2.05, 4.69) is 0 Å². The summed E-state index contributed by atoms with van der Waals surface area (Å²) >= 11 is 0. The van der Waals surface area contributed by atoms with E-state index >= 15 is 0 Å². The number of carbonyl (C=O) groups excluding carboxylic acids is 2. The minimum Gasteiger partial charge on any atom is -0.494 e. The van der Waals surface area contributed by atoms with Gasteiger partial charge in [-0.3, -0.25) is 4.79 Å². The van der Waals surface area contributed by atoms with Crippen molar-refractivity contribution in [2.45, 2.75) is 32.2 Å². The molecule has 0 aliphatic heterocycles. The maximum Gasteiger partial charge on any atom is 0.355 e. The van der Waals surface area contributed by atoms with Crippen molar-refractivity contribution < 1.29 is 27.5 Å². The number of esters is 1. The SMILES string of the molecule is CCOc1ccc(CN(C)C(=O)COC(=O)c2cc(S(=O)(=O)N(CC)CC)cn2C)cc1. The van der Waals surface area contributed by atoms with Gasteiger partial charge in [0.15, 0.2) is 6.61 Å². The molecule has 0 bridgehead atoms. The van der Waals surface area contributed by atoms with Gasteiger partial charge < -0.3 is 18.9 Å². The first-order valence-electron chi connectivity index (χ1n) is 10.4. The monoisotopic (exact) mass is 465 g/mol. The van der Waals surface area contributed by atoms with Crippen LogP contribution in [0.3, 0.4) is 0 Å². The predicted molar refractivity (Wildman–Crippen MR) is 120 cm³/mol. The van der Waals surface area contributed by atoms with Crippen LogP contribution in [0.5, 0.6) is 5.75 Å². The smallest absolute Gasteiger partial charge is 0.355 e. The van der Waals surface area contributed by atoms with Crippen molar-refractivity contribution in [3.63, 3.8) is 0 Å².